The molecule has 2 aromatic rings. The summed E-state index contributed by atoms with van der Waals surface area (Å²) in [6.07, 6.45) is 2.25. The number of aliphatic hydroxyl groups excluding tert-OH is 1. The maximum Gasteiger partial charge on any atom is 0.161 e. The van der Waals surface area contributed by atoms with Crippen molar-refractivity contribution in [2.75, 3.05) is 0 Å². The number of aryl methyl sites for hydroxylation is 2. The summed E-state index contributed by atoms with van der Waals surface area (Å²) < 4.78 is 13.4. The zero-order chi connectivity index (χ0) is 12.4. The summed E-state index contributed by atoms with van der Waals surface area (Å²) in [7, 11) is 0. The summed E-state index contributed by atoms with van der Waals surface area (Å²) >= 11 is 0. The van der Waals surface area contributed by atoms with E-state index in [2.05, 4.69) is 9.97 Å². The van der Waals surface area contributed by atoms with E-state index in [4.69, 9.17) is 0 Å². The summed E-state index contributed by atoms with van der Waals surface area (Å²) in [6.45, 7) is 3.54. The molecular weight excluding hydrogens is 219 g/mol. The molecule has 0 amide bonds. The zero-order valence-electron chi connectivity index (χ0n) is 9.68. The molecule has 4 heteroatoms. The van der Waals surface area contributed by atoms with E-state index in [9.17, 15) is 9.50 Å². The van der Waals surface area contributed by atoms with Crippen LogP contribution in [0.2, 0.25) is 0 Å². The van der Waals surface area contributed by atoms with Crippen LogP contribution in [0.25, 0.3) is 0 Å². The van der Waals surface area contributed by atoms with Gasteiger partial charge in [0.25, 0.3) is 0 Å². The highest BCUT2D eigenvalue weighted by Gasteiger charge is 2.14. The van der Waals surface area contributed by atoms with E-state index in [1.54, 1.807) is 31.5 Å². The van der Waals surface area contributed by atoms with Crippen LogP contribution in [0.15, 0.2) is 30.6 Å². The first-order chi connectivity index (χ1) is 8.08. The Morgan fingerprint density at radius 2 is 1.82 bits per heavy atom. The van der Waals surface area contributed by atoms with Crippen LogP contribution in [-0.2, 0) is 0 Å². The molecule has 0 spiro atoms. The Morgan fingerprint density at radius 3 is 2.41 bits per heavy atom. The SMILES string of the molecule is Cc1cnc(C(O)c2ccc(C)c(F)c2)nc1. The third kappa shape index (κ3) is 2.47. The molecule has 1 aromatic carbocycles. The van der Waals surface area contributed by atoms with Crippen LogP contribution in [-0.4, -0.2) is 15.1 Å². The molecule has 0 saturated carbocycles. The molecule has 0 saturated heterocycles. The highest BCUT2D eigenvalue weighted by atomic mass is 19.1. The van der Waals surface area contributed by atoms with Gasteiger partial charge in [-0.1, -0.05) is 12.1 Å². The molecule has 88 valence electrons. The maximum atomic E-state index is 13.4. The number of halogens is 1. The van der Waals surface area contributed by atoms with Crippen LogP contribution in [0.4, 0.5) is 4.39 Å². The zero-order valence-corrected chi connectivity index (χ0v) is 9.68. The largest absolute Gasteiger partial charge is 0.380 e. The number of hydrogen-bond acceptors (Lipinski definition) is 3. The quantitative estimate of drug-likeness (QED) is 0.864. The summed E-state index contributed by atoms with van der Waals surface area (Å²) in [4.78, 5) is 8.05. The Kier molecular flexibility index (Phi) is 3.15. The van der Waals surface area contributed by atoms with Gasteiger partial charge in [-0.25, -0.2) is 14.4 Å². The summed E-state index contributed by atoms with van der Waals surface area (Å²) in [5.74, 6) is -0.0625. The van der Waals surface area contributed by atoms with E-state index in [-0.39, 0.29) is 11.6 Å². The van der Waals surface area contributed by atoms with Crippen LogP contribution < -0.4 is 0 Å². The van der Waals surface area contributed by atoms with Crippen LogP contribution in [0.3, 0.4) is 0 Å². The highest BCUT2D eigenvalue weighted by Crippen LogP contribution is 2.20. The van der Waals surface area contributed by atoms with E-state index in [1.807, 2.05) is 6.92 Å². The molecule has 1 N–H and O–H groups in total. The van der Waals surface area contributed by atoms with Gasteiger partial charge in [0.2, 0.25) is 0 Å². The third-order valence-corrected chi connectivity index (χ3v) is 2.56. The average molecular weight is 232 g/mol. The van der Waals surface area contributed by atoms with Crippen LogP contribution in [0, 0.1) is 19.7 Å². The normalized spacial score (nSPS) is 12.5. The number of hydrogen-bond donors (Lipinski definition) is 1. The molecule has 2 rings (SSSR count). The van der Waals surface area contributed by atoms with Crippen LogP contribution in [0.1, 0.15) is 28.6 Å². The first-order valence-electron chi connectivity index (χ1n) is 5.30. The van der Waals surface area contributed by atoms with Gasteiger partial charge >= 0.3 is 0 Å². The molecule has 0 aliphatic carbocycles. The number of aliphatic hydroxyl groups is 1. The van der Waals surface area contributed by atoms with Gasteiger partial charge in [0.15, 0.2) is 5.82 Å². The molecule has 1 atom stereocenters. The first-order valence-corrected chi connectivity index (χ1v) is 5.30. The van der Waals surface area contributed by atoms with E-state index >= 15 is 0 Å². The number of benzene rings is 1. The number of rotatable bonds is 2. The average Bonchev–Trinajstić information content (AvgIpc) is 2.33. The van der Waals surface area contributed by atoms with E-state index < -0.39 is 6.10 Å². The Balaban J connectivity index is 2.33. The third-order valence-electron chi connectivity index (χ3n) is 2.56. The Hall–Kier alpha value is -1.81. The molecular formula is C13H13FN2O. The van der Waals surface area contributed by atoms with E-state index in [1.165, 1.54) is 6.07 Å². The van der Waals surface area contributed by atoms with Crippen molar-refractivity contribution < 1.29 is 9.50 Å². The van der Waals surface area contributed by atoms with Gasteiger partial charge in [-0.3, -0.25) is 0 Å². The summed E-state index contributed by atoms with van der Waals surface area (Å²) in [5.41, 5.74) is 1.92. The molecule has 0 radical (unpaired) electrons. The predicted molar refractivity (Wildman–Crippen MR) is 62.0 cm³/mol. The van der Waals surface area contributed by atoms with E-state index in [0.29, 0.717) is 11.1 Å². The van der Waals surface area contributed by atoms with Gasteiger partial charge < -0.3 is 5.11 Å². The predicted octanol–water partition coefficient (Wildman–Crippen LogP) is 2.31. The second kappa shape index (κ2) is 4.59. The van der Waals surface area contributed by atoms with Gasteiger partial charge in [0.1, 0.15) is 11.9 Å². The lowest BCUT2D eigenvalue weighted by Crippen LogP contribution is -2.05. The fraction of sp³-hybridized carbons (Fsp3) is 0.231. The smallest absolute Gasteiger partial charge is 0.161 e. The second-order valence-electron chi connectivity index (χ2n) is 4.03. The summed E-state index contributed by atoms with van der Waals surface area (Å²) in [5, 5.41) is 10.0. The molecule has 1 aromatic heterocycles. The van der Waals surface area contributed by atoms with Crippen LogP contribution in [0.5, 0.6) is 0 Å². The lowest BCUT2D eigenvalue weighted by atomic mass is 10.1. The van der Waals surface area contributed by atoms with Gasteiger partial charge in [0, 0.05) is 12.4 Å². The molecule has 0 fully saturated rings. The van der Waals surface area contributed by atoms with Crippen molar-refractivity contribution in [3.05, 3.63) is 58.9 Å². The lowest BCUT2D eigenvalue weighted by Gasteiger charge is -2.10. The van der Waals surface area contributed by atoms with Crippen LogP contribution >= 0.6 is 0 Å². The minimum Gasteiger partial charge on any atom is -0.380 e. The fourth-order valence-electron chi connectivity index (χ4n) is 1.47. The van der Waals surface area contributed by atoms with Crippen molar-refractivity contribution >= 4 is 0 Å². The Bertz CT molecular complexity index is 525. The second-order valence-corrected chi connectivity index (χ2v) is 4.03. The molecule has 1 heterocycles. The van der Waals surface area contributed by atoms with Gasteiger partial charge in [-0.2, -0.15) is 0 Å². The summed E-state index contributed by atoms with van der Waals surface area (Å²) in [6, 6.07) is 4.61. The molecule has 0 aliphatic rings. The lowest BCUT2D eigenvalue weighted by molar-refractivity contribution is 0.209. The minimum absolute atomic E-state index is 0.277. The van der Waals surface area contributed by atoms with Crippen molar-refractivity contribution in [2.45, 2.75) is 20.0 Å². The van der Waals surface area contributed by atoms with Crippen molar-refractivity contribution in [2.24, 2.45) is 0 Å². The monoisotopic (exact) mass is 232 g/mol. The van der Waals surface area contributed by atoms with Crippen molar-refractivity contribution in [3.63, 3.8) is 0 Å². The Morgan fingerprint density at radius 1 is 1.18 bits per heavy atom. The fourth-order valence-corrected chi connectivity index (χ4v) is 1.47. The Labute approximate surface area is 99.0 Å². The topological polar surface area (TPSA) is 46.0 Å². The highest BCUT2D eigenvalue weighted by molar-refractivity contribution is 5.28. The number of aromatic nitrogens is 2. The molecule has 3 nitrogen and oxygen atoms in total. The molecule has 17 heavy (non-hydrogen) atoms. The standard InChI is InChI=1S/C13H13FN2O/c1-8-6-15-13(16-7-8)12(17)10-4-3-9(2)11(14)5-10/h3-7,12,17H,1-2H3. The van der Waals surface area contributed by atoms with Crippen molar-refractivity contribution in [3.8, 4) is 0 Å². The minimum atomic E-state index is -0.995. The van der Waals surface area contributed by atoms with Gasteiger partial charge in [-0.05, 0) is 36.6 Å². The first kappa shape index (κ1) is 11.7. The van der Waals surface area contributed by atoms with Crippen molar-refractivity contribution in [1.82, 2.24) is 9.97 Å². The molecule has 1 unspecified atom stereocenters. The van der Waals surface area contributed by atoms with Gasteiger partial charge in [0.05, 0.1) is 0 Å². The maximum absolute atomic E-state index is 13.4. The van der Waals surface area contributed by atoms with Gasteiger partial charge in [-0.15, -0.1) is 0 Å². The molecule has 0 bridgehead atoms. The van der Waals surface area contributed by atoms with E-state index in [0.717, 1.165) is 5.56 Å². The molecule has 0 aliphatic heterocycles. The van der Waals surface area contributed by atoms with Crippen molar-refractivity contribution in [1.29, 1.82) is 0 Å². The number of nitrogens with zero attached hydrogens (tertiary/aromatic N) is 2.